The van der Waals surface area contributed by atoms with Crippen molar-refractivity contribution in [3.05, 3.63) is 0 Å². The smallest absolute Gasteiger partial charge is 0.0223 e. The number of likely N-dealkylation sites (tertiary alicyclic amines) is 1. The molecule has 0 radical (unpaired) electrons. The van der Waals surface area contributed by atoms with Crippen LogP contribution < -0.4 is 5.32 Å². The largest absolute Gasteiger partial charge is 0.313 e. The van der Waals surface area contributed by atoms with Crippen molar-refractivity contribution in [2.45, 2.75) is 57.7 Å². The van der Waals surface area contributed by atoms with E-state index in [1.54, 1.807) is 0 Å². The summed E-state index contributed by atoms with van der Waals surface area (Å²) in [5.74, 6) is 0. The van der Waals surface area contributed by atoms with Crippen LogP contribution in [0.1, 0.15) is 39.5 Å². The highest BCUT2D eigenvalue weighted by molar-refractivity contribution is 4.85. The second-order valence-corrected chi connectivity index (χ2v) is 5.90. The van der Waals surface area contributed by atoms with E-state index in [9.17, 15) is 0 Å². The van der Waals surface area contributed by atoms with E-state index < -0.39 is 0 Å². The van der Waals surface area contributed by atoms with Gasteiger partial charge in [-0.2, -0.15) is 0 Å². The molecule has 0 aromatic rings. The van der Waals surface area contributed by atoms with Crippen LogP contribution in [0.15, 0.2) is 0 Å². The van der Waals surface area contributed by atoms with Crippen LogP contribution in [0.3, 0.4) is 0 Å². The summed E-state index contributed by atoms with van der Waals surface area (Å²) < 4.78 is 0. The average molecular weight is 239 g/mol. The highest BCUT2D eigenvalue weighted by atomic mass is 15.2. The van der Waals surface area contributed by atoms with E-state index >= 15 is 0 Å². The van der Waals surface area contributed by atoms with Crippen LogP contribution in [0.4, 0.5) is 0 Å². The third-order valence-electron chi connectivity index (χ3n) is 4.66. The lowest BCUT2D eigenvalue weighted by molar-refractivity contribution is 0.138. The Morgan fingerprint density at radius 2 is 2.12 bits per heavy atom. The summed E-state index contributed by atoms with van der Waals surface area (Å²) in [5, 5.41) is 3.61. The van der Waals surface area contributed by atoms with Crippen molar-refractivity contribution in [3.8, 4) is 0 Å². The first-order chi connectivity index (χ1) is 8.20. The normalized spacial score (nSPS) is 35.6. The second-order valence-electron chi connectivity index (χ2n) is 5.90. The van der Waals surface area contributed by atoms with Gasteiger partial charge in [0.2, 0.25) is 0 Å². The minimum atomic E-state index is 0.721. The van der Waals surface area contributed by atoms with Crippen molar-refractivity contribution in [1.82, 2.24) is 15.1 Å². The molecule has 2 aliphatic rings. The Labute approximate surface area is 107 Å². The van der Waals surface area contributed by atoms with E-state index in [4.69, 9.17) is 0 Å². The number of nitrogens with zero attached hydrogens (tertiary/aromatic N) is 2. The summed E-state index contributed by atoms with van der Waals surface area (Å²) >= 11 is 0. The van der Waals surface area contributed by atoms with Crippen LogP contribution in [-0.2, 0) is 0 Å². The van der Waals surface area contributed by atoms with Crippen LogP contribution in [0, 0.1) is 0 Å². The van der Waals surface area contributed by atoms with Gasteiger partial charge in [0.1, 0.15) is 0 Å². The Morgan fingerprint density at radius 3 is 2.76 bits per heavy atom. The minimum absolute atomic E-state index is 0.721. The number of hydrogen-bond donors (Lipinski definition) is 1. The molecule has 17 heavy (non-hydrogen) atoms. The van der Waals surface area contributed by atoms with Crippen molar-refractivity contribution in [2.75, 3.05) is 33.2 Å². The van der Waals surface area contributed by atoms with Crippen LogP contribution in [0.2, 0.25) is 0 Å². The number of likely N-dealkylation sites (N-methyl/N-ethyl adjacent to an activating group) is 2. The first-order valence-electron chi connectivity index (χ1n) is 7.38. The Balaban J connectivity index is 1.78. The Hall–Kier alpha value is -0.120. The monoisotopic (exact) mass is 239 g/mol. The van der Waals surface area contributed by atoms with E-state index in [0.717, 1.165) is 18.1 Å². The van der Waals surface area contributed by atoms with E-state index in [2.05, 4.69) is 36.0 Å². The molecule has 3 nitrogen and oxygen atoms in total. The molecule has 3 atom stereocenters. The number of hydrogen-bond acceptors (Lipinski definition) is 3. The third-order valence-corrected chi connectivity index (χ3v) is 4.66. The van der Waals surface area contributed by atoms with Gasteiger partial charge in [0.15, 0.2) is 0 Å². The maximum absolute atomic E-state index is 3.61. The molecule has 0 amide bonds. The van der Waals surface area contributed by atoms with Gasteiger partial charge < -0.3 is 10.2 Å². The molecule has 0 saturated carbocycles. The lowest BCUT2D eigenvalue weighted by Gasteiger charge is -2.37. The van der Waals surface area contributed by atoms with Gasteiger partial charge in [0.05, 0.1) is 0 Å². The van der Waals surface area contributed by atoms with Crippen LogP contribution >= 0.6 is 0 Å². The molecule has 3 heteroatoms. The molecular weight excluding hydrogens is 210 g/mol. The van der Waals surface area contributed by atoms with Gasteiger partial charge in [-0.05, 0) is 52.7 Å². The van der Waals surface area contributed by atoms with Crippen LogP contribution in [0.25, 0.3) is 0 Å². The van der Waals surface area contributed by atoms with Crippen LogP contribution in [0.5, 0.6) is 0 Å². The molecule has 0 spiro atoms. The third kappa shape index (κ3) is 3.43. The summed E-state index contributed by atoms with van der Waals surface area (Å²) in [4.78, 5) is 5.24. The quantitative estimate of drug-likeness (QED) is 0.803. The SMILES string of the molecule is CCN1CCCC1CN(C)C1CCC(C)NC1. The molecule has 100 valence electrons. The molecule has 2 saturated heterocycles. The Morgan fingerprint density at radius 1 is 1.29 bits per heavy atom. The van der Waals surface area contributed by atoms with Gasteiger partial charge in [-0.1, -0.05) is 6.92 Å². The molecule has 3 unspecified atom stereocenters. The van der Waals surface area contributed by atoms with Gasteiger partial charge in [0.25, 0.3) is 0 Å². The summed E-state index contributed by atoms with van der Waals surface area (Å²) in [5.41, 5.74) is 0. The number of piperidine rings is 1. The first kappa shape index (κ1) is 13.3. The predicted molar refractivity (Wildman–Crippen MR) is 73.4 cm³/mol. The molecule has 2 aliphatic heterocycles. The zero-order chi connectivity index (χ0) is 12.3. The maximum Gasteiger partial charge on any atom is 0.0223 e. The zero-order valence-corrected chi connectivity index (χ0v) is 11.8. The van der Waals surface area contributed by atoms with Gasteiger partial charge in [-0.3, -0.25) is 4.90 Å². The topological polar surface area (TPSA) is 18.5 Å². The van der Waals surface area contributed by atoms with Crippen molar-refractivity contribution < 1.29 is 0 Å². The molecule has 0 aromatic carbocycles. The van der Waals surface area contributed by atoms with Crippen molar-refractivity contribution in [1.29, 1.82) is 0 Å². The Bertz CT molecular complexity index is 224. The first-order valence-corrected chi connectivity index (χ1v) is 7.38. The zero-order valence-electron chi connectivity index (χ0n) is 11.8. The van der Waals surface area contributed by atoms with E-state index in [-0.39, 0.29) is 0 Å². The van der Waals surface area contributed by atoms with E-state index in [1.165, 1.54) is 51.9 Å². The van der Waals surface area contributed by atoms with Gasteiger partial charge in [0, 0.05) is 31.2 Å². The lowest BCUT2D eigenvalue weighted by atomic mass is 10.0. The van der Waals surface area contributed by atoms with Crippen molar-refractivity contribution >= 4 is 0 Å². The fraction of sp³-hybridized carbons (Fsp3) is 1.00. The second kappa shape index (κ2) is 6.17. The van der Waals surface area contributed by atoms with Gasteiger partial charge in [-0.25, -0.2) is 0 Å². The molecule has 1 N–H and O–H groups in total. The van der Waals surface area contributed by atoms with E-state index in [1.807, 2.05) is 0 Å². The standard InChI is InChI=1S/C14H29N3/c1-4-17-9-5-6-14(17)11-16(3)13-8-7-12(2)15-10-13/h12-15H,4-11H2,1-3H3. The van der Waals surface area contributed by atoms with Gasteiger partial charge in [-0.15, -0.1) is 0 Å². The molecular formula is C14H29N3. The summed E-state index contributed by atoms with van der Waals surface area (Å²) in [7, 11) is 2.31. The minimum Gasteiger partial charge on any atom is -0.313 e. The van der Waals surface area contributed by atoms with E-state index in [0.29, 0.717) is 0 Å². The number of rotatable bonds is 4. The fourth-order valence-electron chi connectivity index (χ4n) is 3.36. The summed E-state index contributed by atoms with van der Waals surface area (Å²) in [6.07, 6.45) is 5.49. The highest BCUT2D eigenvalue weighted by Crippen LogP contribution is 2.20. The molecule has 0 aliphatic carbocycles. The molecule has 0 bridgehead atoms. The van der Waals surface area contributed by atoms with Crippen LogP contribution in [-0.4, -0.2) is 61.2 Å². The summed E-state index contributed by atoms with van der Waals surface area (Å²) in [6, 6.07) is 2.29. The van der Waals surface area contributed by atoms with Gasteiger partial charge >= 0.3 is 0 Å². The highest BCUT2D eigenvalue weighted by Gasteiger charge is 2.27. The fourth-order valence-corrected chi connectivity index (χ4v) is 3.36. The van der Waals surface area contributed by atoms with Crippen molar-refractivity contribution in [3.63, 3.8) is 0 Å². The summed E-state index contributed by atoms with van der Waals surface area (Å²) in [6.45, 7) is 9.56. The van der Waals surface area contributed by atoms with Crippen molar-refractivity contribution in [2.24, 2.45) is 0 Å². The lowest BCUT2D eigenvalue weighted by Crippen LogP contribution is -2.50. The maximum atomic E-state index is 3.61. The average Bonchev–Trinajstić information content (AvgIpc) is 2.77. The Kier molecular flexibility index (Phi) is 4.83. The molecule has 2 rings (SSSR count). The molecule has 2 fully saturated rings. The predicted octanol–water partition coefficient (Wildman–Crippen LogP) is 1.54. The molecule has 2 heterocycles. The molecule has 0 aromatic heterocycles. The number of nitrogens with one attached hydrogen (secondary N) is 1.